The van der Waals surface area contributed by atoms with Crippen LogP contribution in [0, 0.1) is 0 Å². The zero-order valence-corrected chi connectivity index (χ0v) is 11.5. The summed E-state index contributed by atoms with van der Waals surface area (Å²) in [5, 5.41) is 8.96. The van der Waals surface area contributed by atoms with E-state index in [0.717, 1.165) is 25.7 Å². The maximum Gasteiger partial charge on any atom is 0.410 e. The number of carbonyl (C=O) groups excluding carboxylic acids is 1. The van der Waals surface area contributed by atoms with E-state index in [9.17, 15) is 4.79 Å². The van der Waals surface area contributed by atoms with Crippen molar-refractivity contribution in [3.63, 3.8) is 0 Å². The van der Waals surface area contributed by atoms with Gasteiger partial charge in [0.25, 0.3) is 0 Å². The Kier molecular flexibility index (Phi) is 3.66. The van der Waals surface area contributed by atoms with Crippen LogP contribution in [0.15, 0.2) is 11.6 Å². The van der Waals surface area contributed by atoms with Crippen LogP contribution in [-0.2, 0) is 4.74 Å². The van der Waals surface area contributed by atoms with Gasteiger partial charge in [0.15, 0.2) is 0 Å². The Bertz CT molecular complexity index is 341. The molecule has 18 heavy (non-hydrogen) atoms. The Morgan fingerprint density at radius 3 is 2.39 bits per heavy atom. The van der Waals surface area contributed by atoms with Gasteiger partial charge in [0, 0.05) is 12.1 Å². The van der Waals surface area contributed by atoms with Crippen LogP contribution < -0.4 is 0 Å². The molecule has 2 saturated heterocycles. The predicted octanol–water partition coefficient (Wildman–Crippen LogP) is 2.47. The predicted molar refractivity (Wildman–Crippen MR) is 69.3 cm³/mol. The van der Waals surface area contributed by atoms with E-state index >= 15 is 0 Å². The number of carbonyl (C=O) groups is 1. The van der Waals surface area contributed by atoms with Gasteiger partial charge in [-0.3, -0.25) is 0 Å². The van der Waals surface area contributed by atoms with Crippen LogP contribution in [0.25, 0.3) is 0 Å². The normalized spacial score (nSPS) is 29.8. The minimum atomic E-state index is -0.433. The molecule has 0 aliphatic carbocycles. The third kappa shape index (κ3) is 2.86. The molecular weight excluding hydrogens is 230 g/mol. The summed E-state index contributed by atoms with van der Waals surface area (Å²) in [7, 11) is 0. The molecule has 2 heterocycles. The number of rotatable bonds is 1. The van der Waals surface area contributed by atoms with E-state index in [0.29, 0.717) is 0 Å². The summed E-state index contributed by atoms with van der Waals surface area (Å²) in [6.45, 7) is 5.79. The van der Waals surface area contributed by atoms with Crippen LogP contribution in [-0.4, -0.2) is 40.4 Å². The fourth-order valence-electron chi connectivity index (χ4n) is 2.96. The monoisotopic (exact) mass is 253 g/mol. The van der Waals surface area contributed by atoms with Crippen molar-refractivity contribution < 1.29 is 14.6 Å². The lowest BCUT2D eigenvalue weighted by Crippen LogP contribution is -2.47. The van der Waals surface area contributed by atoms with Gasteiger partial charge in [-0.1, -0.05) is 11.6 Å². The summed E-state index contributed by atoms with van der Waals surface area (Å²) in [4.78, 5) is 14.1. The molecule has 0 aromatic rings. The Hall–Kier alpha value is -1.03. The van der Waals surface area contributed by atoms with E-state index in [1.54, 1.807) is 0 Å². The number of hydrogen-bond donors (Lipinski definition) is 1. The molecule has 0 unspecified atom stereocenters. The number of aliphatic hydroxyl groups is 1. The van der Waals surface area contributed by atoms with E-state index < -0.39 is 5.60 Å². The molecule has 0 spiro atoms. The lowest BCUT2D eigenvalue weighted by Gasteiger charge is -2.37. The molecule has 4 nitrogen and oxygen atoms in total. The van der Waals surface area contributed by atoms with Gasteiger partial charge in [0.05, 0.1) is 6.61 Å². The molecule has 4 heteroatoms. The first-order valence-corrected chi connectivity index (χ1v) is 6.71. The average Bonchev–Trinajstić information content (AvgIpc) is 2.49. The van der Waals surface area contributed by atoms with Crippen LogP contribution in [0.4, 0.5) is 4.79 Å². The summed E-state index contributed by atoms with van der Waals surface area (Å²) in [6, 6.07) is 0.521. The second kappa shape index (κ2) is 4.92. The Labute approximate surface area is 109 Å². The van der Waals surface area contributed by atoms with Gasteiger partial charge in [-0.2, -0.15) is 0 Å². The molecule has 0 aromatic heterocycles. The van der Waals surface area contributed by atoms with Crippen LogP contribution in [0.2, 0.25) is 0 Å². The molecule has 2 rings (SSSR count). The van der Waals surface area contributed by atoms with Gasteiger partial charge in [0.1, 0.15) is 5.60 Å². The van der Waals surface area contributed by atoms with E-state index in [1.165, 1.54) is 5.57 Å². The molecule has 1 N–H and O–H groups in total. The molecule has 2 atom stereocenters. The van der Waals surface area contributed by atoms with Gasteiger partial charge >= 0.3 is 6.09 Å². The van der Waals surface area contributed by atoms with Crippen LogP contribution in [0.1, 0.15) is 46.5 Å². The average molecular weight is 253 g/mol. The number of ether oxygens (including phenoxy) is 1. The first-order chi connectivity index (χ1) is 8.40. The zero-order chi connectivity index (χ0) is 13.3. The quantitative estimate of drug-likeness (QED) is 0.730. The number of amides is 1. The smallest absolute Gasteiger partial charge is 0.410 e. The van der Waals surface area contributed by atoms with Crippen molar-refractivity contribution in [2.75, 3.05) is 6.61 Å². The Morgan fingerprint density at radius 1 is 1.39 bits per heavy atom. The molecule has 0 radical (unpaired) electrons. The zero-order valence-electron chi connectivity index (χ0n) is 11.5. The van der Waals surface area contributed by atoms with Crippen LogP contribution >= 0.6 is 0 Å². The third-order valence-electron chi connectivity index (χ3n) is 3.60. The fourth-order valence-corrected chi connectivity index (χ4v) is 2.96. The minimum absolute atomic E-state index is 0.0984. The molecule has 1 amide bonds. The number of aliphatic hydroxyl groups excluding tert-OH is 1. The Morgan fingerprint density at radius 2 is 1.94 bits per heavy atom. The summed E-state index contributed by atoms with van der Waals surface area (Å²) in [5.41, 5.74) is 0.849. The van der Waals surface area contributed by atoms with Crippen molar-refractivity contribution in [3.8, 4) is 0 Å². The van der Waals surface area contributed by atoms with Crippen molar-refractivity contribution in [3.05, 3.63) is 11.6 Å². The summed E-state index contributed by atoms with van der Waals surface area (Å²) in [5.74, 6) is 0. The highest BCUT2D eigenvalue weighted by atomic mass is 16.6. The first kappa shape index (κ1) is 13.4. The maximum absolute atomic E-state index is 12.2. The van der Waals surface area contributed by atoms with Gasteiger partial charge in [0.2, 0.25) is 0 Å². The van der Waals surface area contributed by atoms with Crippen molar-refractivity contribution in [1.29, 1.82) is 0 Å². The number of fused-ring (bicyclic) bond motifs is 2. The highest BCUT2D eigenvalue weighted by Crippen LogP contribution is 2.39. The lowest BCUT2D eigenvalue weighted by molar-refractivity contribution is 0.0115. The van der Waals surface area contributed by atoms with Crippen molar-refractivity contribution in [1.82, 2.24) is 4.90 Å². The topological polar surface area (TPSA) is 49.8 Å². The fraction of sp³-hybridized carbons (Fsp3) is 0.786. The summed E-state index contributed by atoms with van der Waals surface area (Å²) in [6.07, 6.45) is 5.57. The van der Waals surface area contributed by atoms with Gasteiger partial charge in [-0.25, -0.2) is 4.79 Å². The molecule has 0 aromatic carbocycles. The van der Waals surface area contributed by atoms with Crippen LogP contribution in [0.5, 0.6) is 0 Å². The van der Waals surface area contributed by atoms with Crippen molar-refractivity contribution in [2.45, 2.75) is 64.1 Å². The second-order valence-electron chi connectivity index (χ2n) is 6.23. The second-order valence-corrected chi connectivity index (χ2v) is 6.23. The third-order valence-corrected chi connectivity index (χ3v) is 3.60. The summed E-state index contributed by atoms with van der Waals surface area (Å²) < 4.78 is 5.47. The largest absolute Gasteiger partial charge is 0.444 e. The number of nitrogens with zero attached hydrogens (tertiary/aromatic N) is 1. The number of hydrogen-bond acceptors (Lipinski definition) is 3. The molecule has 0 saturated carbocycles. The molecule has 2 bridgehead atoms. The highest BCUT2D eigenvalue weighted by molar-refractivity contribution is 5.70. The lowest BCUT2D eigenvalue weighted by atomic mass is 9.97. The highest BCUT2D eigenvalue weighted by Gasteiger charge is 2.42. The molecule has 2 fully saturated rings. The van der Waals surface area contributed by atoms with Crippen molar-refractivity contribution >= 4 is 6.09 Å². The molecule has 102 valence electrons. The van der Waals surface area contributed by atoms with Gasteiger partial charge in [-0.15, -0.1) is 0 Å². The SMILES string of the molecule is CC(C)(C)OC(=O)N1[C@@H]2CC[C@H]1C/C(=C/CO)C2. The molecule has 2 aliphatic heterocycles. The maximum atomic E-state index is 12.2. The standard InChI is InChI=1S/C14H23NO3/c1-14(2,3)18-13(17)15-11-4-5-12(15)9-10(8-11)6-7-16/h6,11-12,16H,4-5,7-9H2,1-3H3/b10-6-/t11-,12+/m0/s1. The van der Waals surface area contributed by atoms with E-state index in [2.05, 4.69) is 0 Å². The van der Waals surface area contributed by atoms with E-state index in [4.69, 9.17) is 9.84 Å². The van der Waals surface area contributed by atoms with E-state index in [-0.39, 0.29) is 24.8 Å². The number of piperidine rings is 1. The van der Waals surface area contributed by atoms with Crippen LogP contribution in [0.3, 0.4) is 0 Å². The first-order valence-electron chi connectivity index (χ1n) is 6.71. The minimum Gasteiger partial charge on any atom is -0.444 e. The Balaban J connectivity index is 2.05. The van der Waals surface area contributed by atoms with Gasteiger partial charge in [-0.05, 0) is 46.5 Å². The van der Waals surface area contributed by atoms with E-state index in [1.807, 2.05) is 31.7 Å². The molecule has 2 aliphatic rings. The summed E-state index contributed by atoms with van der Waals surface area (Å²) >= 11 is 0. The van der Waals surface area contributed by atoms with Gasteiger partial charge < -0.3 is 14.7 Å². The molecular formula is C14H23NO3. The van der Waals surface area contributed by atoms with Crippen molar-refractivity contribution in [2.24, 2.45) is 0 Å².